The molecule has 0 spiro atoms. The maximum atomic E-state index is 12.9. The van der Waals surface area contributed by atoms with Crippen molar-refractivity contribution < 1.29 is 28.9 Å². The van der Waals surface area contributed by atoms with Crippen molar-refractivity contribution in [2.24, 2.45) is 11.8 Å². The van der Waals surface area contributed by atoms with Gasteiger partial charge in [0.15, 0.2) is 11.5 Å². The first kappa shape index (κ1) is 18.4. The molecule has 0 aromatic heterocycles. The number of rotatable bonds is 6. The molecule has 3 atom stereocenters. The number of amides is 1. The number of nitrogens with zero attached hydrogens (tertiary/aromatic N) is 1. The SMILES string of the molecule is COc1cc(CC(=O)N2CC3CCCC3C2C(=O)O)cc(OC)c1OC. The molecule has 1 aromatic rings. The molecule has 2 fully saturated rings. The summed E-state index contributed by atoms with van der Waals surface area (Å²) >= 11 is 0. The number of carboxylic acid groups (broad SMARTS) is 1. The molecule has 1 aliphatic heterocycles. The molecule has 1 aliphatic carbocycles. The zero-order valence-electron chi connectivity index (χ0n) is 15.4. The molecule has 3 rings (SSSR count). The van der Waals surface area contributed by atoms with Crippen LogP contribution >= 0.6 is 0 Å². The van der Waals surface area contributed by atoms with Crippen molar-refractivity contribution >= 4 is 11.9 Å². The number of aliphatic carboxylic acids is 1. The number of carbonyl (C=O) groups is 2. The zero-order chi connectivity index (χ0) is 18.8. The van der Waals surface area contributed by atoms with Crippen LogP contribution in [-0.2, 0) is 16.0 Å². The molecule has 1 N–H and O–H groups in total. The molecule has 1 saturated heterocycles. The Kier molecular flexibility index (Phi) is 5.25. The lowest BCUT2D eigenvalue weighted by atomic mass is 9.94. The minimum atomic E-state index is -0.905. The van der Waals surface area contributed by atoms with Gasteiger partial charge in [0.1, 0.15) is 6.04 Å². The molecule has 2 aliphatic rings. The molecule has 142 valence electrons. The number of hydrogen-bond acceptors (Lipinski definition) is 5. The number of fused-ring (bicyclic) bond motifs is 1. The van der Waals surface area contributed by atoms with Crippen LogP contribution in [0.1, 0.15) is 24.8 Å². The predicted octanol–water partition coefficient (Wildman–Crippen LogP) is 1.97. The molecule has 7 nitrogen and oxygen atoms in total. The summed E-state index contributed by atoms with van der Waals surface area (Å²) < 4.78 is 15.9. The molecule has 1 aromatic carbocycles. The Morgan fingerprint density at radius 3 is 2.31 bits per heavy atom. The highest BCUT2D eigenvalue weighted by Crippen LogP contribution is 2.43. The number of ether oxygens (including phenoxy) is 3. The molecule has 0 radical (unpaired) electrons. The summed E-state index contributed by atoms with van der Waals surface area (Å²) in [6, 6.07) is 2.75. The van der Waals surface area contributed by atoms with Crippen molar-refractivity contribution in [3.63, 3.8) is 0 Å². The van der Waals surface area contributed by atoms with Crippen molar-refractivity contribution in [3.05, 3.63) is 17.7 Å². The summed E-state index contributed by atoms with van der Waals surface area (Å²) in [7, 11) is 4.56. The third kappa shape index (κ3) is 3.18. The monoisotopic (exact) mass is 363 g/mol. The molecule has 0 bridgehead atoms. The number of hydrogen-bond donors (Lipinski definition) is 1. The second-order valence-electron chi connectivity index (χ2n) is 6.89. The molecular weight excluding hydrogens is 338 g/mol. The Labute approximate surface area is 152 Å². The van der Waals surface area contributed by atoms with Crippen LogP contribution in [0.5, 0.6) is 17.2 Å². The van der Waals surface area contributed by atoms with Gasteiger partial charge in [-0.05, 0) is 42.4 Å². The maximum Gasteiger partial charge on any atom is 0.326 e. The normalized spacial score (nSPS) is 24.3. The van der Waals surface area contributed by atoms with Gasteiger partial charge in [-0.1, -0.05) is 6.42 Å². The lowest BCUT2D eigenvalue weighted by molar-refractivity contribution is -0.149. The van der Waals surface area contributed by atoms with Crippen LogP contribution in [0.2, 0.25) is 0 Å². The summed E-state index contributed by atoms with van der Waals surface area (Å²) in [5, 5.41) is 9.63. The Morgan fingerprint density at radius 2 is 1.77 bits per heavy atom. The van der Waals surface area contributed by atoms with Crippen LogP contribution in [0, 0.1) is 11.8 Å². The number of benzene rings is 1. The number of carboxylic acids is 1. The third-order valence-electron chi connectivity index (χ3n) is 5.54. The van der Waals surface area contributed by atoms with Gasteiger partial charge in [0.25, 0.3) is 0 Å². The Balaban J connectivity index is 1.82. The van der Waals surface area contributed by atoms with Crippen LogP contribution in [0.4, 0.5) is 0 Å². The van der Waals surface area contributed by atoms with Gasteiger partial charge >= 0.3 is 5.97 Å². The topological polar surface area (TPSA) is 85.3 Å². The average molecular weight is 363 g/mol. The van der Waals surface area contributed by atoms with Crippen molar-refractivity contribution in [1.82, 2.24) is 4.90 Å². The van der Waals surface area contributed by atoms with E-state index in [0.29, 0.717) is 35.3 Å². The van der Waals surface area contributed by atoms with E-state index < -0.39 is 12.0 Å². The molecule has 7 heteroatoms. The molecular formula is C19H25NO6. The fourth-order valence-electron chi connectivity index (χ4n) is 4.39. The Hall–Kier alpha value is -2.44. The Bertz CT molecular complexity index is 678. The standard InChI is InChI=1S/C19H25NO6/c1-24-14-7-11(8-15(25-2)18(14)26-3)9-16(21)20-10-12-5-4-6-13(12)17(20)19(22)23/h7-8,12-13,17H,4-6,9-10H2,1-3H3,(H,22,23). The first-order valence-corrected chi connectivity index (χ1v) is 8.81. The summed E-state index contributed by atoms with van der Waals surface area (Å²) in [5.41, 5.74) is 0.700. The maximum absolute atomic E-state index is 12.9. The summed E-state index contributed by atoms with van der Waals surface area (Å²) in [6.45, 7) is 0.533. The third-order valence-corrected chi connectivity index (χ3v) is 5.54. The number of carbonyl (C=O) groups excluding carboxylic acids is 1. The quantitative estimate of drug-likeness (QED) is 0.832. The summed E-state index contributed by atoms with van der Waals surface area (Å²) in [5.74, 6) is 0.714. The van der Waals surface area contributed by atoms with Crippen LogP contribution in [0.25, 0.3) is 0 Å². The van der Waals surface area contributed by atoms with Gasteiger partial charge in [0.2, 0.25) is 11.7 Å². The lowest BCUT2D eigenvalue weighted by Crippen LogP contribution is -2.43. The van der Waals surface area contributed by atoms with E-state index in [9.17, 15) is 14.7 Å². The van der Waals surface area contributed by atoms with E-state index >= 15 is 0 Å². The van der Waals surface area contributed by atoms with Crippen LogP contribution < -0.4 is 14.2 Å². The van der Waals surface area contributed by atoms with E-state index in [1.54, 1.807) is 17.0 Å². The minimum absolute atomic E-state index is 0.0800. The van der Waals surface area contributed by atoms with Gasteiger partial charge in [-0.2, -0.15) is 0 Å². The van der Waals surface area contributed by atoms with Crippen LogP contribution in [-0.4, -0.2) is 55.8 Å². The first-order valence-electron chi connectivity index (χ1n) is 8.81. The van der Waals surface area contributed by atoms with Gasteiger partial charge in [-0.15, -0.1) is 0 Å². The second-order valence-corrected chi connectivity index (χ2v) is 6.89. The number of likely N-dealkylation sites (tertiary alicyclic amines) is 1. The van der Waals surface area contributed by atoms with Gasteiger partial charge < -0.3 is 24.2 Å². The van der Waals surface area contributed by atoms with E-state index in [1.807, 2.05) is 0 Å². The predicted molar refractivity (Wildman–Crippen MR) is 93.8 cm³/mol. The van der Waals surface area contributed by atoms with Gasteiger partial charge in [0, 0.05) is 6.54 Å². The average Bonchev–Trinajstić information content (AvgIpc) is 3.21. The highest BCUT2D eigenvalue weighted by atomic mass is 16.5. The van der Waals surface area contributed by atoms with E-state index in [2.05, 4.69) is 0 Å². The lowest BCUT2D eigenvalue weighted by Gasteiger charge is -2.24. The van der Waals surface area contributed by atoms with Gasteiger partial charge in [-0.25, -0.2) is 4.79 Å². The van der Waals surface area contributed by atoms with Crippen LogP contribution in [0.3, 0.4) is 0 Å². The van der Waals surface area contributed by atoms with Crippen molar-refractivity contribution in [2.45, 2.75) is 31.7 Å². The highest BCUT2D eigenvalue weighted by Gasteiger charge is 2.49. The van der Waals surface area contributed by atoms with Crippen molar-refractivity contribution in [2.75, 3.05) is 27.9 Å². The molecule has 1 amide bonds. The molecule has 3 unspecified atom stereocenters. The first-order chi connectivity index (χ1) is 12.5. The fourth-order valence-corrected chi connectivity index (χ4v) is 4.39. The summed E-state index contributed by atoms with van der Waals surface area (Å²) in [6.07, 6.45) is 3.03. The largest absolute Gasteiger partial charge is 0.493 e. The number of methoxy groups -OCH3 is 3. The van der Waals surface area contributed by atoms with Crippen LogP contribution in [0.15, 0.2) is 12.1 Å². The van der Waals surface area contributed by atoms with E-state index in [4.69, 9.17) is 14.2 Å². The van der Waals surface area contributed by atoms with Crippen molar-refractivity contribution in [1.29, 1.82) is 0 Å². The summed E-state index contributed by atoms with van der Waals surface area (Å²) in [4.78, 5) is 26.2. The van der Waals surface area contributed by atoms with E-state index in [1.165, 1.54) is 21.3 Å². The van der Waals surface area contributed by atoms with E-state index in [0.717, 1.165) is 19.3 Å². The molecule has 26 heavy (non-hydrogen) atoms. The minimum Gasteiger partial charge on any atom is -0.493 e. The molecule has 1 heterocycles. The van der Waals surface area contributed by atoms with E-state index in [-0.39, 0.29) is 18.2 Å². The van der Waals surface area contributed by atoms with Crippen molar-refractivity contribution in [3.8, 4) is 17.2 Å². The second kappa shape index (κ2) is 7.43. The molecule has 1 saturated carbocycles. The van der Waals surface area contributed by atoms with Gasteiger partial charge in [0.05, 0.1) is 27.8 Å². The fraction of sp³-hybridized carbons (Fsp3) is 0.579. The highest BCUT2D eigenvalue weighted by molar-refractivity contribution is 5.86. The smallest absolute Gasteiger partial charge is 0.326 e. The zero-order valence-corrected chi connectivity index (χ0v) is 15.4. The van der Waals surface area contributed by atoms with Gasteiger partial charge in [-0.3, -0.25) is 4.79 Å². The Morgan fingerprint density at radius 1 is 1.12 bits per heavy atom.